The van der Waals surface area contributed by atoms with Gasteiger partial charge in [0, 0.05) is 35.6 Å². The van der Waals surface area contributed by atoms with Gasteiger partial charge in [-0.2, -0.15) is 0 Å². The average Bonchev–Trinajstić information content (AvgIpc) is 3.11. The average molecular weight is 760 g/mol. The van der Waals surface area contributed by atoms with E-state index in [1.165, 1.54) is 19.2 Å². The number of aromatic hydroxyl groups is 2. The number of hydrogen-bond donors (Lipinski definition) is 2. The van der Waals surface area contributed by atoms with Gasteiger partial charge < -0.3 is 33.9 Å². The van der Waals surface area contributed by atoms with E-state index in [0.29, 0.717) is 46.2 Å². The molecule has 12 nitrogen and oxygen atoms in total. The van der Waals surface area contributed by atoms with Gasteiger partial charge >= 0.3 is 5.97 Å². The number of phenols is 2. The maximum absolute atomic E-state index is 13.0. The van der Waals surface area contributed by atoms with E-state index in [0.717, 1.165) is 0 Å². The van der Waals surface area contributed by atoms with Gasteiger partial charge in [0.2, 0.25) is 0 Å². The van der Waals surface area contributed by atoms with Crippen molar-refractivity contribution in [2.45, 2.75) is 81.3 Å². The van der Waals surface area contributed by atoms with Gasteiger partial charge in [-0.1, -0.05) is 34.6 Å². The molecule has 0 aliphatic carbocycles. The number of nitrogens with zero attached hydrogens (tertiary/aromatic N) is 3. The van der Waals surface area contributed by atoms with Gasteiger partial charge in [0.1, 0.15) is 47.7 Å². The standard InChI is InChI=1S/C38H45N3O8.C5H12O/c1-36(2,3)34(44)37(4,5)22-38(6,7)35(45)49-19-18-48-26-15-17-28(30(43)21-26)33-40-31(23-10-12-24(46-8)13-11-23)39-32(41-33)27-16-14-25(47-9)20-29(27)42;1-5(2,3)6-4/h10-17,20-21,42-43H,18-19,22H2,1-9H3;1-4H3. The number of benzene rings is 3. The molecule has 0 saturated carbocycles. The van der Waals surface area contributed by atoms with Crippen LogP contribution in [0.3, 0.4) is 0 Å². The molecule has 1 aromatic heterocycles. The van der Waals surface area contributed by atoms with Crippen LogP contribution in [0.15, 0.2) is 60.7 Å². The highest BCUT2D eigenvalue weighted by molar-refractivity contribution is 5.89. The Morgan fingerprint density at radius 2 is 1.05 bits per heavy atom. The number of carbonyl (C=O) groups excluding carboxylic acids is 2. The lowest BCUT2D eigenvalue weighted by Crippen LogP contribution is -2.41. The van der Waals surface area contributed by atoms with E-state index in [4.69, 9.17) is 23.7 Å². The molecule has 4 rings (SSSR count). The smallest absolute Gasteiger partial charge is 0.311 e. The zero-order chi connectivity index (χ0) is 41.4. The van der Waals surface area contributed by atoms with E-state index < -0.39 is 22.2 Å². The van der Waals surface area contributed by atoms with Crippen molar-refractivity contribution in [3.05, 3.63) is 60.7 Å². The van der Waals surface area contributed by atoms with E-state index in [1.54, 1.807) is 76.6 Å². The zero-order valence-corrected chi connectivity index (χ0v) is 34.5. The van der Waals surface area contributed by atoms with Crippen LogP contribution in [0.5, 0.6) is 28.7 Å². The van der Waals surface area contributed by atoms with Gasteiger partial charge in [0.25, 0.3) is 0 Å². The zero-order valence-electron chi connectivity index (χ0n) is 34.5. The fraction of sp³-hybridized carbons (Fsp3) is 0.465. The molecule has 0 unspecified atom stereocenters. The van der Waals surface area contributed by atoms with E-state index >= 15 is 0 Å². The molecular weight excluding hydrogens is 702 g/mol. The van der Waals surface area contributed by atoms with Crippen LogP contribution in [0.4, 0.5) is 0 Å². The molecule has 1 heterocycles. The van der Waals surface area contributed by atoms with Crippen LogP contribution in [-0.4, -0.2) is 77.1 Å². The summed E-state index contributed by atoms with van der Waals surface area (Å²) in [4.78, 5) is 39.7. The largest absolute Gasteiger partial charge is 0.507 e. The molecular formula is C43H57N3O9. The number of esters is 1. The summed E-state index contributed by atoms with van der Waals surface area (Å²) in [6, 6.07) is 16.6. The molecule has 0 bridgehead atoms. The molecule has 0 aliphatic rings. The fourth-order valence-electron chi connectivity index (χ4n) is 5.87. The lowest BCUT2D eigenvalue weighted by Gasteiger charge is -2.36. The SMILES string of the molecule is COC(C)(C)C.COc1ccc(-c2nc(-c3ccc(OC)cc3O)nc(-c3ccc(OCCOC(=O)C(C)(C)CC(C)(C)C(=O)C(C)(C)C)cc3O)n2)cc1. The number of aromatic nitrogens is 3. The first kappa shape index (κ1) is 44.2. The molecule has 4 aromatic rings. The van der Waals surface area contributed by atoms with E-state index in [1.807, 2.05) is 55.4 Å². The molecule has 0 aliphatic heterocycles. The molecule has 55 heavy (non-hydrogen) atoms. The third kappa shape index (κ3) is 12.4. The van der Waals surface area contributed by atoms with Crippen LogP contribution in [0.1, 0.15) is 75.7 Å². The Hall–Kier alpha value is -5.23. The summed E-state index contributed by atoms with van der Waals surface area (Å²) in [5, 5.41) is 21.8. The number of Topliss-reactive ketones (excluding diaryl/α,β-unsaturated/α-hetero) is 1. The summed E-state index contributed by atoms with van der Waals surface area (Å²) in [7, 11) is 4.78. The number of rotatable bonds is 13. The Morgan fingerprint density at radius 1 is 0.600 bits per heavy atom. The second kappa shape index (κ2) is 17.9. The molecule has 0 fully saturated rings. The summed E-state index contributed by atoms with van der Waals surface area (Å²) in [6.45, 7) is 19.0. The highest BCUT2D eigenvalue weighted by atomic mass is 16.6. The van der Waals surface area contributed by atoms with E-state index in [-0.39, 0.29) is 47.7 Å². The number of hydrogen-bond acceptors (Lipinski definition) is 12. The van der Waals surface area contributed by atoms with Crippen LogP contribution >= 0.6 is 0 Å². The number of ether oxygens (including phenoxy) is 5. The van der Waals surface area contributed by atoms with Crippen LogP contribution in [0.25, 0.3) is 34.2 Å². The monoisotopic (exact) mass is 759 g/mol. The minimum Gasteiger partial charge on any atom is -0.507 e. The second-order valence-electron chi connectivity index (χ2n) is 16.4. The van der Waals surface area contributed by atoms with E-state index in [2.05, 4.69) is 15.0 Å². The Morgan fingerprint density at radius 3 is 1.51 bits per heavy atom. The Balaban J connectivity index is 0.00000125. The summed E-state index contributed by atoms with van der Waals surface area (Å²) in [5.41, 5.74) is -0.760. The summed E-state index contributed by atoms with van der Waals surface area (Å²) in [6.07, 6.45) is 0.335. The van der Waals surface area contributed by atoms with E-state index in [9.17, 15) is 19.8 Å². The van der Waals surface area contributed by atoms with Gasteiger partial charge in [-0.3, -0.25) is 9.59 Å². The van der Waals surface area contributed by atoms with Gasteiger partial charge in [-0.15, -0.1) is 0 Å². The van der Waals surface area contributed by atoms with Gasteiger partial charge in [0.15, 0.2) is 17.5 Å². The Bertz CT molecular complexity index is 1930. The van der Waals surface area contributed by atoms with Crippen LogP contribution in [0, 0.1) is 16.2 Å². The van der Waals surface area contributed by atoms with Gasteiger partial charge in [-0.25, -0.2) is 15.0 Å². The van der Waals surface area contributed by atoms with Crippen molar-refractivity contribution in [1.29, 1.82) is 0 Å². The van der Waals surface area contributed by atoms with Crippen molar-refractivity contribution in [1.82, 2.24) is 15.0 Å². The third-order valence-electron chi connectivity index (χ3n) is 8.57. The van der Waals surface area contributed by atoms with Crippen molar-refractivity contribution < 1.29 is 43.5 Å². The lowest BCUT2D eigenvalue weighted by atomic mass is 9.67. The van der Waals surface area contributed by atoms with Gasteiger partial charge in [0.05, 0.1) is 36.4 Å². The van der Waals surface area contributed by atoms with Crippen molar-refractivity contribution in [2.24, 2.45) is 16.2 Å². The Kier molecular flexibility index (Phi) is 14.4. The summed E-state index contributed by atoms with van der Waals surface area (Å²) >= 11 is 0. The number of phenolic OH excluding ortho intramolecular Hbond substituents is 2. The predicted molar refractivity (Wildman–Crippen MR) is 212 cm³/mol. The molecule has 2 N–H and O–H groups in total. The topological polar surface area (TPSA) is 159 Å². The highest BCUT2D eigenvalue weighted by Gasteiger charge is 2.43. The number of ketones is 1. The van der Waals surface area contributed by atoms with Crippen molar-refractivity contribution in [2.75, 3.05) is 34.5 Å². The predicted octanol–water partition coefficient (Wildman–Crippen LogP) is 8.71. The molecule has 298 valence electrons. The molecule has 0 radical (unpaired) electrons. The molecule has 0 amide bonds. The first-order valence-electron chi connectivity index (χ1n) is 18.0. The van der Waals surface area contributed by atoms with Crippen LogP contribution in [0.2, 0.25) is 0 Å². The second-order valence-corrected chi connectivity index (χ2v) is 16.4. The maximum atomic E-state index is 13.0. The minimum atomic E-state index is -0.888. The number of carbonyl (C=O) groups is 2. The number of methoxy groups -OCH3 is 3. The van der Waals surface area contributed by atoms with Crippen LogP contribution < -0.4 is 14.2 Å². The molecule has 0 atom stereocenters. The van der Waals surface area contributed by atoms with Crippen molar-refractivity contribution in [3.63, 3.8) is 0 Å². The normalized spacial score (nSPS) is 11.9. The molecule has 0 saturated heterocycles. The molecule has 12 heteroatoms. The Labute approximate surface area is 325 Å². The van der Waals surface area contributed by atoms with Crippen molar-refractivity contribution in [3.8, 4) is 62.9 Å². The maximum Gasteiger partial charge on any atom is 0.311 e. The van der Waals surface area contributed by atoms with Crippen LogP contribution in [-0.2, 0) is 19.1 Å². The minimum absolute atomic E-state index is 0.0220. The van der Waals surface area contributed by atoms with Gasteiger partial charge in [-0.05, 0) is 89.6 Å². The molecule has 3 aromatic carbocycles. The quantitative estimate of drug-likeness (QED) is 0.0988. The third-order valence-corrected chi connectivity index (χ3v) is 8.57. The lowest BCUT2D eigenvalue weighted by molar-refractivity contribution is -0.157. The summed E-state index contributed by atoms with van der Waals surface area (Å²) in [5.74, 6) is 1.55. The summed E-state index contributed by atoms with van der Waals surface area (Å²) < 4.78 is 26.7. The molecule has 0 spiro atoms. The first-order valence-corrected chi connectivity index (χ1v) is 18.0. The first-order chi connectivity index (χ1) is 25.5. The highest BCUT2D eigenvalue weighted by Crippen LogP contribution is 2.40. The van der Waals surface area contributed by atoms with Crippen molar-refractivity contribution >= 4 is 11.8 Å². The fourth-order valence-corrected chi connectivity index (χ4v) is 5.87.